The molecule has 1 fully saturated rings. The minimum absolute atomic E-state index is 0.163. The Balaban J connectivity index is 1.91. The molecule has 14 heavy (non-hydrogen) atoms. The zero-order valence-corrected chi connectivity index (χ0v) is 9.49. The molecule has 1 atom stereocenters. The summed E-state index contributed by atoms with van der Waals surface area (Å²) in [4.78, 5) is 5.56. The van der Waals surface area contributed by atoms with Gasteiger partial charge in [-0.25, -0.2) is 4.98 Å². The lowest BCUT2D eigenvalue weighted by Crippen LogP contribution is -2.42. The third-order valence-corrected chi connectivity index (χ3v) is 3.67. The molecule has 0 bridgehead atoms. The molecule has 1 N–H and O–H groups in total. The van der Waals surface area contributed by atoms with E-state index in [0.29, 0.717) is 0 Å². The summed E-state index contributed by atoms with van der Waals surface area (Å²) in [6.07, 6.45) is 1.10. The fourth-order valence-electron chi connectivity index (χ4n) is 1.60. The molecule has 0 spiro atoms. The molecular formula is C10H16N2OS. The second-order valence-corrected chi connectivity index (χ2v) is 5.02. The Hall–Kier alpha value is -0.450. The summed E-state index contributed by atoms with van der Waals surface area (Å²) in [6, 6.07) is 0. The van der Waals surface area contributed by atoms with Gasteiger partial charge in [0.15, 0.2) is 0 Å². The van der Waals surface area contributed by atoms with E-state index >= 15 is 0 Å². The second kappa shape index (κ2) is 3.96. The van der Waals surface area contributed by atoms with Crippen molar-refractivity contribution in [3.05, 3.63) is 16.1 Å². The average Bonchev–Trinajstić information content (AvgIpc) is 2.73. The van der Waals surface area contributed by atoms with Gasteiger partial charge in [0.25, 0.3) is 0 Å². The number of aryl methyl sites for hydroxylation is 1. The number of nitrogens with zero attached hydrogens (tertiary/aromatic N) is 1. The number of nitrogens with one attached hydrogen (secondary N) is 1. The van der Waals surface area contributed by atoms with Gasteiger partial charge in [-0.2, -0.15) is 0 Å². The molecule has 0 radical (unpaired) electrons. The van der Waals surface area contributed by atoms with Crippen molar-refractivity contribution in [1.82, 2.24) is 10.3 Å². The van der Waals surface area contributed by atoms with Gasteiger partial charge in [-0.15, -0.1) is 11.3 Å². The van der Waals surface area contributed by atoms with Gasteiger partial charge in [0.05, 0.1) is 17.8 Å². The van der Waals surface area contributed by atoms with E-state index in [1.54, 1.807) is 11.3 Å². The van der Waals surface area contributed by atoms with E-state index in [1.165, 1.54) is 4.88 Å². The van der Waals surface area contributed by atoms with Crippen LogP contribution in [0.25, 0.3) is 0 Å². The fraction of sp³-hybridized carbons (Fsp3) is 0.700. The number of rotatable bonds is 3. The Morgan fingerprint density at radius 2 is 2.57 bits per heavy atom. The van der Waals surface area contributed by atoms with Gasteiger partial charge in [-0.05, 0) is 20.3 Å². The lowest BCUT2D eigenvalue weighted by Gasteiger charge is -2.23. The van der Waals surface area contributed by atoms with E-state index in [4.69, 9.17) is 4.74 Å². The molecule has 0 aromatic carbocycles. The van der Waals surface area contributed by atoms with Crippen LogP contribution in [0.2, 0.25) is 0 Å². The molecule has 1 aromatic heterocycles. The lowest BCUT2D eigenvalue weighted by molar-refractivity contribution is 0.171. The fourth-order valence-corrected chi connectivity index (χ4v) is 2.31. The van der Waals surface area contributed by atoms with E-state index in [9.17, 15) is 0 Å². The van der Waals surface area contributed by atoms with E-state index in [1.807, 2.05) is 5.51 Å². The highest BCUT2D eigenvalue weighted by Crippen LogP contribution is 2.19. The van der Waals surface area contributed by atoms with Crippen molar-refractivity contribution < 1.29 is 4.74 Å². The van der Waals surface area contributed by atoms with Crippen LogP contribution in [-0.4, -0.2) is 23.7 Å². The average molecular weight is 212 g/mol. The number of ether oxygens (including phenoxy) is 1. The van der Waals surface area contributed by atoms with Crippen LogP contribution in [0.5, 0.6) is 0 Å². The number of thiazole rings is 1. The number of hydrogen-bond acceptors (Lipinski definition) is 4. The smallest absolute Gasteiger partial charge is 0.0798 e. The van der Waals surface area contributed by atoms with E-state index in [0.717, 1.165) is 31.9 Å². The van der Waals surface area contributed by atoms with Crippen molar-refractivity contribution in [3.8, 4) is 0 Å². The second-order valence-electron chi connectivity index (χ2n) is 4.08. The maximum absolute atomic E-state index is 5.39. The summed E-state index contributed by atoms with van der Waals surface area (Å²) in [5.41, 5.74) is 3.21. The molecule has 2 heterocycles. The maximum atomic E-state index is 5.39. The first-order valence-corrected chi connectivity index (χ1v) is 5.79. The monoisotopic (exact) mass is 212 g/mol. The van der Waals surface area contributed by atoms with Gasteiger partial charge in [-0.3, -0.25) is 0 Å². The molecule has 0 saturated carbocycles. The van der Waals surface area contributed by atoms with Crippen LogP contribution in [0, 0.1) is 6.92 Å². The van der Waals surface area contributed by atoms with Gasteiger partial charge < -0.3 is 10.1 Å². The topological polar surface area (TPSA) is 34.2 Å². The summed E-state index contributed by atoms with van der Waals surface area (Å²) in [5, 5.41) is 3.55. The van der Waals surface area contributed by atoms with Crippen LogP contribution < -0.4 is 5.32 Å². The third kappa shape index (κ3) is 2.13. The van der Waals surface area contributed by atoms with Crippen molar-refractivity contribution >= 4 is 11.3 Å². The quantitative estimate of drug-likeness (QED) is 0.828. The van der Waals surface area contributed by atoms with Gasteiger partial charge in [0.1, 0.15) is 0 Å². The Morgan fingerprint density at radius 1 is 1.71 bits per heavy atom. The van der Waals surface area contributed by atoms with E-state index in [2.05, 4.69) is 24.1 Å². The SMILES string of the molecule is Cc1ncsc1CNC1(C)CCOC1. The van der Waals surface area contributed by atoms with Crippen LogP contribution in [0.4, 0.5) is 0 Å². The Morgan fingerprint density at radius 3 is 3.14 bits per heavy atom. The molecule has 1 aromatic rings. The van der Waals surface area contributed by atoms with Gasteiger partial charge >= 0.3 is 0 Å². The standard InChI is InChI=1S/C10H16N2OS/c1-8-9(14-7-11-8)5-12-10(2)3-4-13-6-10/h7,12H,3-6H2,1-2H3. The minimum atomic E-state index is 0.163. The van der Waals surface area contributed by atoms with Crippen LogP contribution in [0.3, 0.4) is 0 Å². The molecule has 1 aliphatic rings. The van der Waals surface area contributed by atoms with Crippen LogP contribution in [0.1, 0.15) is 23.9 Å². The summed E-state index contributed by atoms with van der Waals surface area (Å²) < 4.78 is 5.39. The molecule has 4 heteroatoms. The van der Waals surface area contributed by atoms with E-state index in [-0.39, 0.29) is 5.54 Å². The van der Waals surface area contributed by atoms with Crippen molar-refractivity contribution in [2.24, 2.45) is 0 Å². The first-order chi connectivity index (χ1) is 6.70. The molecule has 0 amide bonds. The van der Waals surface area contributed by atoms with Crippen molar-refractivity contribution in [2.45, 2.75) is 32.4 Å². The van der Waals surface area contributed by atoms with Gasteiger partial charge in [-0.1, -0.05) is 0 Å². The lowest BCUT2D eigenvalue weighted by atomic mass is 10.0. The van der Waals surface area contributed by atoms with E-state index < -0.39 is 0 Å². The third-order valence-electron chi connectivity index (χ3n) is 2.74. The Kier molecular flexibility index (Phi) is 2.85. The summed E-state index contributed by atoms with van der Waals surface area (Å²) in [6.45, 7) is 6.89. The molecule has 2 rings (SSSR count). The minimum Gasteiger partial charge on any atom is -0.379 e. The molecule has 1 aliphatic heterocycles. The molecule has 3 nitrogen and oxygen atoms in total. The zero-order chi connectivity index (χ0) is 10.0. The maximum Gasteiger partial charge on any atom is 0.0798 e. The molecule has 78 valence electrons. The largest absolute Gasteiger partial charge is 0.379 e. The molecule has 1 unspecified atom stereocenters. The predicted octanol–water partition coefficient (Wildman–Crippen LogP) is 1.72. The molecule has 0 aliphatic carbocycles. The number of hydrogen-bond donors (Lipinski definition) is 1. The molecular weight excluding hydrogens is 196 g/mol. The van der Waals surface area contributed by atoms with Crippen LogP contribution in [0.15, 0.2) is 5.51 Å². The summed E-state index contributed by atoms with van der Waals surface area (Å²) in [7, 11) is 0. The Labute approximate surface area is 88.5 Å². The predicted molar refractivity (Wildman–Crippen MR) is 57.5 cm³/mol. The van der Waals surface area contributed by atoms with Crippen molar-refractivity contribution in [1.29, 1.82) is 0 Å². The normalized spacial score (nSPS) is 27.0. The highest BCUT2D eigenvalue weighted by molar-refractivity contribution is 7.09. The molecule has 1 saturated heterocycles. The highest BCUT2D eigenvalue weighted by Gasteiger charge is 2.28. The first kappa shape index (κ1) is 10.1. The Bertz CT molecular complexity index is 305. The van der Waals surface area contributed by atoms with Crippen LogP contribution in [-0.2, 0) is 11.3 Å². The van der Waals surface area contributed by atoms with Gasteiger partial charge in [0.2, 0.25) is 0 Å². The summed E-state index contributed by atoms with van der Waals surface area (Å²) in [5.74, 6) is 0. The van der Waals surface area contributed by atoms with Crippen molar-refractivity contribution in [3.63, 3.8) is 0 Å². The van der Waals surface area contributed by atoms with Crippen LogP contribution >= 0.6 is 11.3 Å². The van der Waals surface area contributed by atoms with Gasteiger partial charge in [0, 0.05) is 23.6 Å². The zero-order valence-electron chi connectivity index (χ0n) is 8.67. The number of aromatic nitrogens is 1. The van der Waals surface area contributed by atoms with Crippen molar-refractivity contribution in [2.75, 3.05) is 13.2 Å². The highest BCUT2D eigenvalue weighted by atomic mass is 32.1. The first-order valence-electron chi connectivity index (χ1n) is 4.91. The summed E-state index contributed by atoms with van der Waals surface area (Å²) >= 11 is 1.72.